The van der Waals surface area contributed by atoms with Crippen molar-refractivity contribution < 1.29 is 14.3 Å². The second kappa shape index (κ2) is 11.7. The van der Waals surface area contributed by atoms with Gasteiger partial charge in [0.25, 0.3) is 0 Å². The van der Waals surface area contributed by atoms with E-state index in [1.165, 1.54) is 36.5 Å². The van der Waals surface area contributed by atoms with Gasteiger partial charge in [-0.25, -0.2) is 0 Å². The molecule has 42 heavy (non-hydrogen) atoms. The van der Waals surface area contributed by atoms with Crippen molar-refractivity contribution in [1.29, 1.82) is 0 Å². The number of hydrogen-bond acceptors (Lipinski definition) is 3. The summed E-state index contributed by atoms with van der Waals surface area (Å²) in [7, 11) is 0. The molecule has 0 bridgehead atoms. The summed E-state index contributed by atoms with van der Waals surface area (Å²) < 4.78 is 5.65. The van der Waals surface area contributed by atoms with Crippen molar-refractivity contribution in [3.05, 3.63) is 77.9 Å². The Labute approximate surface area is 261 Å². The van der Waals surface area contributed by atoms with Gasteiger partial charge in [-0.3, -0.25) is 9.59 Å². The Bertz CT molecular complexity index is 1280. The number of ether oxygens (including phenoxy) is 1. The predicted octanol–water partition coefficient (Wildman–Crippen LogP) is 9.29. The molecule has 0 N–H and O–H groups in total. The SMILES string of the molecule is CC(=O)O[C@@H]1CC[C@]2(C)[C@H](CC[C@H]3[C@H]4CC[C@@H]([C@H](C)CC=C(c5ccccc5)c5ccccc5)[C@@]4(C)[C@@H](Br)C(=O)[C@@H]32)C1. The average Bonchev–Trinajstić information content (AvgIpc) is 3.35. The van der Waals surface area contributed by atoms with E-state index in [1.807, 2.05) is 0 Å². The number of rotatable bonds is 6. The molecule has 0 saturated heterocycles. The second-order valence-electron chi connectivity index (χ2n) is 14.4. The van der Waals surface area contributed by atoms with Gasteiger partial charge in [-0.1, -0.05) is 103 Å². The maximum Gasteiger partial charge on any atom is 0.302 e. The molecule has 0 aromatic heterocycles. The molecule has 4 fully saturated rings. The van der Waals surface area contributed by atoms with Gasteiger partial charge in [-0.2, -0.15) is 0 Å². The van der Waals surface area contributed by atoms with E-state index in [2.05, 4.69) is 103 Å². The van der Waals surface area contributed by atoms with Crippen LogP contribution in [0, 0.1) is 46.3 Å². The highest BCUT2D eigenvalue weighted by atomic mass is 79.9. The summed E-state index contributed by atoms with van der Waals surface area (Å²) in [6.07, 6.45) is 11.0. The monoisotopic (exact) mass is 630 g/mol. The molecule has 4 heteroatoms. The maximum absolute atomic E-state index is 14.5. The number of alkyl halides is 1. The Kier molecular flexibility index (Phi) is 8.32. The van der Waals surface area contributed by atoms with E-state index in [0.717, 1.165) is 38.5 Å². The van der Waals surface area contributed by atoms with E-state index in [-0.39, 0.29) is 33.6 Å². The number of carbonyl (C=O) groups is 2. The number of Topliss-reactive ketones (excluding diaryl/α,β-unsaturated/α-hetero) is 1. The largest absolute Gasteiger partial charge is 0.463 e. The average molecular weight is 632 g/mol. The topological polar surface area (TPSA) is 43.4 Å². The lowest BCUT2D eigenvalue weighted by atomic mass is 9.44. The number of allylic oxidation sites excluding steroid dienone is 1. The van der Waals surface area contributed by atoms with E-state index >= 15 is 0 Å². The minimum atomic E-state index is -0.178. The molecule has 0 unspecified atom stereocenters. The number of fused-ring (bicyclic) bond motifs is 5. The molecule has 224 valence electrons. The zero-order chi connectivity index (χ0) is 29.6. The van der Waals surface area contributed by atoms with Crippen LogP contribution in [0.3, 0.4) is 0 Å². The first-order valence-electron chi connectivity index (χ1n) is 16.3. The van der Waals surface area contributed by atoms with Gasteiger partial charge in [0.1, 0.15) is 6.10 Å². The van der Waals surface area contributed by atoms with Gasteiger partial charge in [0, 0.05) is 12.8 Å². The van der Waals surface area contributed by atoms with Gasteiger partial charge in [0.15, 0.2) is 5.78 Å². The van der Waals surface area contributed by atoms with Gasteiger partial charge in [0.2, 0.25) is 0 Å². The number of carbonyl (C=O) groups excluding carboxylic acids is 2. The zero-order valence-corrected chi connectivity index (χ0v) is 27.3. The number of hydrogen-bond donors (Lipinski definition) is 0. The third kappa shape index (κ3) is 5.04. The Morgan fingerprint density at radius 2 is 1.62 bits per heavy atom. The fourth-order valence-corrected chi connectivity index (χ4v) is 11.3. The Morgan fingerprint density at radius 3 is 2.24 bits per heavy atom. The molecule has 4 saturated carbocycles. The minimum Gasteiger partial charge on any atom is -0.463 e. The van der Waals surface area contributed by atoms with Gasteiger partial charge in [0.05, 0.1) is 4.83 Å². The first-order valence-corrected chi connectivity index (χ1v) is 17.2. The van der Waals surface area contributed by atoms with Crippen molar-refractivity contribution in [3.8, 4) is 0 Å². The fraction of sp³-hybridized carbons (Fsp3) is 0.579. The Balaban J connectivity index is 1.24. The summed E-state index contributed by atoms with van der Waals surface area (Å²) in [4.78, 5) is 26.1. The predicted molar refractivity (Wildman–Crippen MR) is 173 cm³/mol. The summed E-state index contributed by atoms with van der Waals surface area (Å²) in [5.41, 5.74) is 3.80. The van der Waals surface area contributed by atoms with Gasteiger partial charge in [-0.15, -0.1) is 0 Å². The van der Waals surface area contributed by atoms with Crippen LogP contribution >= 0.6 is 15.9 Å². The van der Waals surface area contributed by atoms with Crippen molar-refractivity contribution in [2.24, 2.45) is 46.3 Å². The maximum atomic E-state index is 14.5. The summed E-state index contributed by atoms with van der Waals surface area (Å²) in [6, 6.07) is 21.5. The highest BCUT2D eigenvalue weighted by Gasteiger charge is 2.66. The molecule has 3 nitrogen and oxygen atoms in total. The van der Waals surface area contributed by atoms with Crippen LogP contribution in [-0.4, -0.2) is 22.7 Å². The lowest BCUT2D eigenvalue weighted by Crippen LogP contribution is -2.62. The molecule has 0 aliphatic heterocycles. The number of ketones is 1. The van der Waals surface area contributed by atoms with Crippen molar-refractivity contribution in [2.75, 3.05) is 0 Å². The molecule has 4 aliphatic rings. The quantitative estimate of drug-likeness (QED) is 0.236. The lowest BCUT2D eigenvalue weighted by Gasteiger charge is -2.61. The summed E-state index contributed by atoms with van der Waals surface area (Å²) in [5, 5.41) is 0. The van der Waals surface area contributed by atoms with Crippen molar-refractivity contribution in [3.63, 3.8) is 0 Å². The van der Waals surface area contributed by atoms with E-state index in [4.69, 9.17) is 4.74 Å². The van der Waals surface area contributed by atoms with E-state index in [9.17, 15) is 9.59 Å². The highest BCUT2D eigenvalue weighted by Crippen LogP contribution is 2.68. The van der Waals surface area contributed by atoms with Gasteiger partial charge < -0.3 is 4.74 Å². The summed E-state index contributed by atoms with van der Waals surface area (Å²) in [5.74, 6) is 2.90. The minimum absolute atomic E-state index is 0.0106. The molecule has 0 spiro atoms. The van der Waals surface area contributed by atoms with E-state index < -0.39 is 0 Å². The zero-order valence-electron chi connectivity index (χ0n) is 25.7. The van der Waals surface area contributed by atoms with Crippen LogP contribution in [0.15, 0.2) is 66.7 Å². The Hall–Kier alpha value is -2.20. The number of benzene rings is 2. The first-order chi connectivity index (χ1) is 20.1. The standard InChI is InChI=1S/C38H47BrO3/c1-24(15-17-30(26-11-7-5-8-12-26)27-13-9-6-10-14-27)32-19-20-33-31-18-16-28-23-29(42-25(2)40)21-22-37(28,3)34(31)35(41)36(39)38(32,33)4/h5-14,17,24,28-29,31-34,36H,15-16,18-23H2,1-4H3/t24-,28-,29-,31+,32+,33-,34-,36+,37-,38-/m1/s1. The van der Waals surface area contributed by atoms with E-state index in [0.29, 0.717) is 35.4 Å². The molecular weight excluding hydrogens is 584 g/mol. The molecule has 0 heterocycles. The Morgan fingerprint density at radius 1 is 0.976 bits per heavy atom. The van der Waals surface area contributed by atoms with Crippen LogP contribution in [0.25, 0.3) is 5.57 Å². The van der Waals surface area contributed by atoms with Gasteiger partial charge in [-0.05, 0) is 108 Å². The molecule has 0 radical (unpaired) electrons. The smallest absolute Gasteiger partial charge is 0.302 e. The van der Waals surface area contributed by atoms with Crippen LogP contribution in [0.4, 0.5) is 0 Å². The third-order valence-corrected chi connectivity index (χ3v) is 13.8. The third-order valence-electron chi connectivity index (χ3n) is 12.4. The number of esters is 1. The molecule has 10 atom stereocenters. The normalized spacial score (nSPS) is 38.0. The molecule has 2 aromatic carbocycles. The first kappa shape index (κ1) is 29.9. The van der Waals surface area contributed by atoms with Crippen LogP contribution in [-0.2, 0) is 14.3 Å². The second-order valence-corrected chi connectivity index (χ2v) is 15.3. The highest BCUT2D eigenvalue weighted by molar-refractivity contribution is 9.10. The molecule has 0 amide bonds. The van der Waals surface area contributed by atoms with E-state index in [1.54, 1.807) is 0 Å². The van der Waals surface area contributed by atoms with Crippen molar-refractivity contribution >= 4 is 33.3 Å². The summed E-state index contributed by atoms with van der Waals surface area (Å²) >= 11 is 4.09. The van der Waals surface area contributed by atoms with Crippen molar-refractivity contribution in [1.82, 2.24) is 0 Å². The summed E-state index contributed by atoms with van der Waals surface area (Å²) in [6.45, 7) is 8.79. The molecule has 4 aliphatic carbocycles. The van der Waals surface area contributed by atoms with Crippen LogP contribution in [0.1, 0.15) is 90.2 Å². The number of halogens is 1. The fourth-order valence-electron chi connectivity index (χ4n) is 10.4. The van der Waals surface area contributed by atoms with Crippen LogP contribution in [0.2, 0.25) is 0 Å². The van der Waals surface area contributed by atoms with Gasteiger partial charge >= 0.3 is 5.97 Å². The van der Waals surface area contributed by atoms with Crippen LogP contribution < -0.4 is 0 Å². The molecule has 6 rings (SSSR count). The lowest BCUT2D eigenvalue weighted by molar-refractivity contribution is -0.168. The molecular formula is C38H47BrO3. The molecule has 2 aromatic rings. The van der Waals surface area contributed by atoms with Crippen molar-refractivity contribution in [2.45, 2.75) is 90.0 Å². The van der Waals surface area contributed by atoms with Crippen LogP contribution in [0.5, 0.6) is 0 Å².